The number of halogens is 3. The molecule has 4 aliphatic rings. The van der Waals surface area contributed by atoms with Gasteiger partial charge in [-0.15, -0.1) is 0 Å². The average Bonchev–Trinajstić information content (AvgIpc) is 3.24. The summed E-state index contributed by atoms with van der Waals surface area (Å²) in [4.78, 5) is 13.1. The molecule has 1 N–H and O–H groups in total. The molecular formula is C24H33F3N2O2. The van der Waals surface area contributed by atoms with Crippen LogP contribution in [0.25, 0.3) is 0 Å². The molecule has 0 aromatic carbocycles. The van der Waals surface area contributed by atoms with Crippen molar-refractivity contribution in [2.75, 3.05) is 0 Å². The van der Waals surface area contributed by atoms with Gasteiger partial charge in [0.15, 0.2) is 11.6 Å². The minimum atomic E-state index is -2.91. The third kappa shape index (κ3) is 3.28. The summed E-state index contributed by atoms with van der Waals surface area (Å²) in [7, 11) is 0. The number of nitrogens with zero attached hydrogens (tertiary/aromatic N) is 2. The van der Waals surface area contributed by atoms with Crippen LogP contribution < -0.4 is 0 Å². The lowest BCUT2D eigenvalue weighted by Gasteiger charge is -2.59. The molecule has 1 aromatic rings. The summed E-state index contributed by atoms with van der Waals surface area (Å²) in [6.45, 7) is 3.37. The first-order valence-corrected chi connectivity index (χ1v) is 11.8. The highest BCUT2D eigenvalue weighted by molar-refractivity contribution is 5.82. The maximum atomic E-state index is 15.9. The molecule has 4 saturated carbocycles. The molecule has 31 heavy (non-hydrogen) atoms. The Morgan fingerprint density at radius 2 is 1.90 bits per heavy atom. The zero-order valence-electron chi connectivity index (χ0n) is 18.4. The van der Waals surface area contributed by atoms with E-state index >= 15 is 8.78 Å². The highest BCUT2D eigenvalue weighted by Gasteiger charge is 2.70. The topological polar surface area (TPSA) is 55.1 Å². The second-order valence-electron chi connectivity index (χ2n) is 11.3. The Hall–Kier alpha value is -1.37. The molecule has 0 amide bonds. The zero-order valence-corrected chi connectivity index (χ0v) is 18.4. The smallest absolute Gasteiger partial charge is 0.254 e. The maximum absolute atomic E-state index is 15.9. The van der Waals surface area contributed by atoms with Gasteiger partial charge in [-0.3, -0.25) is 9.48 Å². The molecule has 0 saturated heterocycles. The first-order chi connectivity index (χ1) is 14.5. The van der Waals surface area contributed by atoms with Crippen LogP contribution in [0.15, 0.2) is 12.4 Å². The molecule has 4 fully saturated rings. The van der Waals surface area contributed by atoms with Gasteiger partial charge in [0.25, 0.3) is 5.92 Å². The standard InChI is InChI=1S/C24H33F3N2O2/c1-22(31)8-7-16-14(9-22)3-4-17-18(16)10-24(26,27)23(2)19(17)5-6-20(23)21(30)13-29-12-15(25)11-28-29/h11-12,14,16-20,31H,3-10,13H2,1-2H3/t14-,16+,17-,18-,19+,20-,22-,23+/m1/s1. The van der Waals surface area contributed by atoms with Gasteiger partial charge in [-0.05, 0) is 81.5 Å². The zero-order chi connectivity index (χ0) is 22.2. The number of ketones is 1. The number of hydrogen-bond acceptors (Lipinski definition) is 3. The fourth-order valence-corrected chi connectivity index (χ4v) is 8.25. The van der Waals surface area contributed by atoms with Crippen LogP contribution in [0.4, 0.5) is 13.2 Å². The van der Waals surface area contributed by atoms with Crippen LogP contribution in [0.5, 0.6) is 0 Å². The van der Waals surface area contributed by atoms with E-state index in [1.165, 1.54) is 4.68 Å². The summed E-state index contributed by atoms with van der Waals surface area (Å²) in [5.74, 6) is -3.77. The van der Waals surface area contributed by atoms with Gasteiger partial charge in [0.2, 0.25) is 0 Å². The van der Waals surface area contributed by atoms with Gasteiger partial charge in [-0.2, -0.15) is 5.10 Å². The Kier molecular flexibility index (Phi) is 4.89. The van der Waals surface area contributed by atoms with Crippen molar-refractivity contribution < 1.29 is 23.1 Å². The number of Topliss-reactive ketones (excluding diaryl/α,β-unsaturated/α-hetero) is 1. The first kappa shape index (κ1) is 21.5. The predicted octanol–water partition coefficient (Wildman–Crippen LogP) is 4.86. The minimum absolute atomic E-state index is 0.0167. The maximum Gasteiger partial charge on any atom is 0.254 e. The molecule has 0 unspecified atom stereocenters. The van der Waals surface area contributed by atoms with E-state index in [9.17, 15) is 14.3 Å². The van der Waals surface area contributed by atoms with E-state index in [1.54, 1.807) is 6.92 Å². The Bertz CT molecular complexity index is 869. The number of aromatic nitrogens is 2. The summed E-state index contributed by atoms with van der Waals surface area (Å²) >= 11 is 0. The number of fused-ring (bicyclic) bond motifs is 5. The van der Waals surface area contributed by atoms with Crippen molar-refractivity contribution >= 4 is 5.78 Å². The van der Waals surface area contributed by atoms with E-state index in [-0.39, 0.29) is 42.4 Å². The molecule has 0 bridgehead atoms. The molecule has 7 heteroatoms. The van der Waals surface area contributed by atoms with Crippen LogP contribution in [0.3, 0.4) is 0 Å². The van der Waals surface area contributed by atoms with Crippen molar-refractivity contribution in [2.24, 2.45) is 40.9 Å². The lowest BCUT2D eigenvalue weighted by molar-refractivity contribution is -0.228. The second-order valence-corrected chi connectivity index (χ2v) is 11.3. The SMILES string of the molecule is C[C@@]1(O)CC[C@H]2[C@H](CC[C@@H]3[C@@H]2CC(F)(F)[C@]2(C)[C@@H](C(=O)Cn4cc(F)cn4)CC[C@@H]32)C1. The summed E-state index contributed by atoms with van der Waals surface area (Å²) in [6.07, 6.45) is 7.31. The molecule has 172 valence electrons. The third-order valence-electron chi connectivity index (χ3n) is 9.66. The predicted molar refractivity (Wildman–Crippen MR) is 109 cm³/mol. The van der Waals surface area contributed by atoms with Crippen LogP contribution in [0, 0.1) is 46.7 Å². The van der Waals surface area contributed by atoms with Crippen LogP contribution in [0.1, 0.15) is 65.2 Å². The van der Waals surface area contributed by atoms with E-state index < -0.39 is 28.7 Å². The van der Waals surface area contributed by atoms with Crippen molar-refractivity contribution in [2.45, 2.75) is 83.3 Å². The Morgan fingerprint density at radius 1 is 1.13 bits per heavy atom. The monoisotopic (exact) mass is 438 g/mol. The summed E-state index contributed by atoms with van der Waals surface area (Å²) in [5, 5.41) is 14.3. The molecule has 4 aliphatic carbocycles. The number of rotatable bonds is 3. The highest BCUT2D eigenvalue weighted by Crippen LogP contribution is 2.69. The lowest BCUT2D eigenvalue weighted by atomic mass is 9.47. The van der Waals surface area contributed by atoms with Crippen molar-refractivity contribution in [1.29, 1.82) is 0 Å². The summed E-state index contributed by atoms with van der Waals surface area (Å²) < 4.78 is 46.3. The van der Waals surface area contributed by atoms with E-state index in [0.29, 0.717) is 25.2 Å². The molecule has 0 aliphatic heterocycles. The van der Waals surface area contributed by atoms with Crippen molar-refractivity contribution in [3.63, 3.8) is 0 Å². The highest BCUT2D eigenvalue weighted by atomic mass is 19.3. The van der Waals surface area contributed by atoms with Gasteiger partial charge >= 0.3 is 0 Å². The van der Waals surface area contributed by atoms with E-state index in [1.807, 2.05) is 6.92 Å². The van der Waals surface area contributed by atoms with Crippen LogP contribution >= 0.6 is 0 Å². The fourth-order valence-electron chi connectivity index (χ4n) is 8.25. The molecule has 8 atom stereocenters. The Morgan fingerprint density at radius 3 is 2.61 bits per heavy atom. The van der Waals surface area contributed by atoms with Crippen molar-refractivity contribution in [3.8, 4) is 0 Å². The van der Waals surface area contributed by atoms with E-state index in [0.717, 1.165) is 38.1 Å². The number of carbonyl (C=O) groups excluding carboxylic acids is 1. The fraction of sp³-hybridized carbons (Fsp3) is 0.833. The largest absolute Gasteiger partial charge is 0.390 e. The van der Waals surface area contributed by atoms with Crippen LogP contribution in [-0.2, 0) is 11.3 Å². The molecular weight excluding hydrogens is 405 g/mol. The first-order valence-electron chi connectivity index (χ1n) is 11.8. The van der Waals surface area contributed by atoms with E-state index in [4.69, 9.17) is 0 Å². The number of hydrogen-bond donors (Lipinski definition) is 1. The van der Waals surface area contributed by atoms with Gasteiger partial charge in [0.05, 0.1) is 24.5 Å². The average molecular weight is 439 g/mol. The van der Waals surface area contributed by atoms with Crippen molar-refractivity contribution in [3.05, 3.63) is 18.2 Å². The van der Waals surface area contributed by atoms with E-state index in [2.05, 4.69) is 5.10 Å². The van der Waals surface area contributed by atoms with Crippen LogP contribution in [0.2, 0.25) is 0 Å². The van der Waals surface area contributed by atoms with Gasteiger partial charge in [-0.25, -0.2) is 13.2 Å². The van der Waals surface area contributed by atoms with Crippen molar-refractivity contribution in [1.82, 2.24) is 9.78 Å². The quantitative estimate of drug-likeness (QED) is 0.734. The van der Waals surface area contributed by atoms with Gasteiger partial charge < -0.3 is 5.11 Å². The summed E-state index contributed by atoms with van der Waals surface area (Å²) in [6, 6.07) is 0. The van der Waals surface area contributed by atoms with Gasteiger partial charge in [0.1, 0.15) is 0 Å². The number of alkyl halides is 2. The minimum Gasteiger partial charge on any atom is -0.390 e. The lowest BCUT2D eigenvalue weighted by Crippen LogP contribution is -2.59. The molecule has 4 nitrogen and oxygen atoms in total. The number of carbonyl (C=O) groups is 1. The summed E-state index contributed by atoms with van der Waals surface area (Å²) in [5.41, 5.74) is -2.01. The molecule has 5 rings (SSSR count). The normalized spacial score (nSPS) is 46.1. The molecule has 0 spiro atoms. The molecule has 1 heterocycles. The van der Waals surface area contributed by atoms with Crippen LogP contribution in [-0.4, -0.2) is 32.2 Å². The Labute approximate surface area is 181 Å². The number of aliphatic hydroxyl groups is 1. The Balaban J connectivity index is 1.40. The third-order valence-corrected chi connectivity index (χ3v) is 9.66. The second kappa shape index (κ2) is 7.06. The van der Waals surface area contributed by atoms with Gasteiger partial charge in [-0.1, -0.05) is 6.92 Å². The molecule has 1 aromatic heterocycles. The van der Waals surface area contributed by atoms with Gasteiger partial charge in [0, 0.05) is 17.8 Å². The molecule has 0 radical (unpaired) electrons.